The molecule has 3 aliphatic heterocycles. The van der Waals surface area contributed by atoms with Crippen molar-refractivity contribution in [2.24, 2.45) is 11.8 Å². The summed E-state index contributed by atoms with van der Waals surface area (Å²) in [5, 5.41) is 12.0. The Morgan fingerprint density at radius 3 is 2.53 bits per heavy atom. The van der Waals surface area contributed by atoms with Gasteiger partial charge in [-0.15, -0.1) is 5.10 Å². The van der Waals surface area contributed by atoms with Gasteiger partial charge >= 0.3 is 0 Å². The predicted molar refractivity (Wildman–Crippen MR) is 134 cm³/mol. The standard InChI is InChI=1S/C28H35N5O/c1-28(2,3)23-11-9-21(10-12-23)26-19-33(31-30-26)17-24-15-22-13-14-32(24)18-25(22)27(34)29-16-20-7-5-4-6-8-20/h4-12,19,22,24-25H,13-18H2,1-3H3,(H,29,34)/t22-,24+,25-/m0/s1. The normalized spacial score (nSPS) is 24.2. The third-order valence-corrected chi connectivity index (χ3v) is 7.51. The molecular weight excluding hydrogens is 422 g/mol. The van der Waals surface area contributed by atoms with Crippen LogP contribution in [0.15, 0.2) is 60.8 Å². The highest BCUT2D eigenvalue weighted by molar-refractivity contribution is 5.79. The Hall–Kier alpha value is -2.99. The van der Waals surface area contributed by atoms with Gasteiger partial charge in [-0.3, -0.25) is 14.4 Å². The van der Waals surface area contributed by atoms with Crippen molar-refractivity contribution in [2.45, 2.75) is 58.2 Å². The van der Waals surface area contributed by atoms with Crippen molar-refractivity contribution in [2.75, 3.05) is 13.1 Å². The highest BCUT2D eigenvalue weighted by Crippen LogP contribution is 2.37. The Balaban J connectivity index is 1.18. The molecule has 0 saturated carbocycles. The third kappa shape index (κ3) is 4.92. The van der Waals surface area contributed by atoms with Crippen molar-refractivity contribution < 1.29 is 4.79 Å². The molecule has 0 spiro atoms. The molecule has 0 radical (unpaired) electrons. The van der Waals surface area contributed by atoms with Gasteiger partial charge in [-0.2, -0.15) is 0 Å². The first-order valence-corrected chi connectivity index (χ1v) is 12.4. The fraction of sp³-hybridized carbons (Fsp3) is 0.464. The van der Waals surface area contributed by atoms with Crippen LogP contribution >= 0.6 is 0 Å². The van der Waals surface area contributed by atoms with Crippen LogP contribution < -0.4 is 5.32 Å². The van der Waals surface area contributed by atoms with E-state index in [1.807, 2.05) is 22.9 Å². The Labute approximate surface area is 202 Å². The average Bonchev–Trinajstić information content (AvgIpc) is 3.31. The summed E-state index contributed by atoms with van der Waals surface area (Å²) in [4.78, 5) is 15.4. The van der Waals surface area contributed by atoms with E-state index >= 15 is 0 Å². The van der Waals surface area contributed by atoms with Gasteiger partial charge in [0.25, 0.3) is 0 Å². The number of carbonyl (C=O) groups is 1. The lowest BCUT2D eigenvalue weighted by molar-refractivity contribution is -0.133. The van der Waals surface area contributed by atoms with E-state index in [0.29, 0.717) is 18.5 Å². The van der Waals surface area contributed by atoms with Crippen molar-refractivity contribution in [3.63, 3.8) is 0 Å². The summed E-state index contributed by atoms with van der Waals surface area (Å²) >= 11 is 0. The maximum atomic E-state index is 12.9. The topological polar surface area (TPSA) is 63.1 Å². The number of aromatic nitrogens is 3. The lowest BCUT2D eigenvalue weighted by atomic mass is 9.75. The number of piperidine rings is 3. The monoisotopic (exact) mass is 457 g/mol. The van der Waals surface area contributed by atoms with E-state index in [9.17, 15) is 4.79 Å². The van der Waals surface area contributed by atoms with Gasteiger partial charge in [0.2, 0.25) is 5.91 Å². The minimum atomic E-state index is 0.0846. The van der Waals surface area contributed by atoms with Crippen LogP contribution in [0.2, 0.25) is 0 Å². The molecule has 1 unspecified atom stereocenters. The molecule has 3 aromatic rings. The second kappa shape index (κ2) is 9.34. The molecule has 6 rings (SSSR count). The largest absolute Gasteiger partial charge is 0.352 e. The Morgan fingerprint density at radius 1 is 1.09 bits per heavy atom. The van der Waals surface area contributed by atoms with Crippen molar-refractivity contribution in [1.82, 2.24) is 25.2 Å². The van der Waals surface area contributed by atoms with E-state index in [1.165, 1.54) is 5.56 Å². The average molecular weight is 458 g/mol. The number of rotatable bonds is 6. The molecular formula is C28H35N5O. The number of amides is 1. The van der Waals surface area contributed by atoms with Crippen LogP contribution in [-0.2, 0) is 23.3 Å². The molecule has 178 valence electrons. The smallest absolute Gasteiger partial charge is 0.224 e. The molecule has 3 fully saturated rings. The molecule has 0 aliphatic carbocycles. The van der Waals surface area contributed by atoms with Gasteiger partial charge in [-0.25, -0.2) is 0 Å². The molecule has 4 atom stereocenters. The SMILES string of the molecule is CC(C)(C)c1ccc(-c2cn(C[C@H]3C[C@@H]4CCN3C[C@@H]4C(=O)NCc3ccccc3)nn2)cc1. The van der Waals surface area contributed by atoms with Gasteiger partial charge in [-0.05, 0) is 41.8 Å². The van der Waals surface area contributed by atoms with Gasteiger partial charge < -0.3 is 5.32 Å². The molecule has 3 aliphatic rings. The summed E-state index contributed by atoms with van der Waals surface area (Å²) in [6.07, 6.45) is 4.20. The van der Waals surface area contributed by atoms with Crippen LogP contribution in [0.25, 0.3) is 11.3 Å². The second-order valence-electron chi connectivity index (χ2n) is 10.9. The molecule has 1 amide bonds. The van der Waals surface area contributed by atoms with Gasteiger partial charge in [-0.1, -0.05) is 80.6 Å². The Bertz CT molecular complexity index is 1120. The summed E-state index contributed by atoms with van der Waals surface area (Å²) in [7, 11) is 0. The lowest BCUT2D eigenvalue weighted by Crippen LogP contribution is -2.57. The molecule has 6 nitrogen and oxygen atoms in total. The Kier molecular flexibility index (Phi) is 6.26. The number of carbonyl (C=O) groups excluding carboxylic acids is 1. The first kappa shape index (κ1) is 22.8. The minimum Gasteiger partial charge on any atom is -0.352 e. The molecule has 2 aromatic carbocycles. The van der Waals surface area contributed by atoms with Crippen LogP contribution in [0.5, 0.6) is 0 Å². The zero-order valence-corrected chi connectivity index (χ0v) is 20.4. The first-order valence-electron chi connectivity index (χ1n) is 12.4. The predicted octanol–water partition coefficient (Wildman–Crippen LogP) is 4.27. The van der Waals surface area contributed by atoms with E-state index < -0.39 is 0 Å². The summed E-state index contributed by atoms with van der Waals surface area (Å²) in [5.41, 5.74) is 4.61. The number of nitrogens with one attached hydrogen (secondary N) is 1. The van der Waals surface area contributed by atoms with Crippen LogP contribution in [0.1, 0.15) is 44.7 Å². The van der Waals surface area contributed by atoms with E-state index in [1.54, 1.807) is 0 Å². The summed E-state index contributed by atoms with van der Waals surface area (Å²) in [5.74, 6) is 0.721. The number of hydrogen-bond donors (Lipinski definition) is 1. The zero-order valence-electron chi connectivity index (χ0n) is 20.4. The van der Waals surface area contributed by atoms with Crippen LogP contribution in [0.4, 0.5) is 0 Å². The molecule has 34 heavy (non-hydrogen) atoms. The van der Waals surface area contributed by atoms with Gasteiger partial charge in [0.1, 0.15) is 5.69 Å². The number of hydrogen-bond acceptors (Lipinski definition) is 4. The van der Waals surface area contributed by atoms with Crippen molar-refractivity contribution in [3.05, 3.63) is 71.9 Å². The molecule has 3 saturated heterocycles. The van der Waals surface area contributed by atoms with Crippen molar-refractivity contribution in [3.8, 4) is 11.3 Å². The second-order valence-corrected chi connectivity index (χ2v) is 10.9. The van der Waals surface area contributed by atoms with Crippen LogP contribution in [0.3, 0.4) is 0 Å². The molecule has 4 heterocycles. The maximum absolute atomic E-state index is 12.9. The zero-order chi connectivity index (χ0) is 23.7. The van der Waals surface area contributed by atoms with Crippen LogP contribution in [-0.4, -0.2) is 44.9 Å². The Morgan fingerprint density at radius 2 is 1.85 bits per heavy atom. The van der Waals surface area contributed by atoms with E-state index in [0.717, 1.165) is 49.3 Å². The lowest BCUT2D eigenvalue weighted by Gasteiger charge is -2.49. The molecule has 2 bridgehead atoms. The van der Waals surface area contributed by atoms with E-state index in [2.05, 4.69) is 83.9 Å². The molecule has 1 N–H and O–H groups in total. The quantitative estimate of drug-likeness (QED) is 0.601. The number of nitrogens with zero attached hydrogens (tertiary/aromatic N) is 4. The third-order valence-electron chi connectivity index (χ3n) is 7.51. The van der Waals surface area contributed by atoms with Gasteiger partial charge in [0, 0.05) is 24.7 Å². The van der Waals surface area contributed by atoms with E-state index in [4.69, 9.17) is 0 Å². The summed E-state index contributed by atoms with van der Waals surface area (Å²) in [6, 6.07) is 19.2. The highest BCUT2D eigenvalue weighted by atomic mass is 16.1. The van der Waals surface area contributed by atoms with E-state index in [-0.39, 0.29) is 17.2 Å². The van der Waals surface area contributed by atoms with Crippen molar-refractivity contribution in [1.29, 1.82) is 0 Å². The first-order chi connectivity index (χ1) is 16.4. The maximum Gasteiger partial charge on any atom is 0.224 e. The number of fused-ring (bicyclic) bond motifs is 3. The summed E-state index contributed by atoms with van der Waals surface area (Å²) < 4.78 is 1.98. The fourth-order valence-corrected chi connectivity index (χ4v) is 5.42. The molecule has 6 heteroatoms. The molecule has 1 aromatic heterocycles. The summed E-state index contributed by atoms with van der Waals surface area (Å²) in [6.45, 7) is 10.0. The fourth-order valence-electron chi connectivity index (χ4n) is 5.42. The van der Waals surface area contributed by atoms with Gasteiger partial charge in [0.15, 0.2) is 0 Å². The van der Waals surface area contributed by atoms with Crippen molar-refractivity contribution >= 4 is 5.91 Å². The number of benzene rings is 2. The van der Waals surface area contributed by atoms with Crippen LogP contribution in [0, 0.1) is 11.8 Å². The highest BCUT2D eigenvalue weighted by Gasteiger charge is 2.43. The minimum absolute atomic E-state index is 0.0846. The van der Waals surface area contributed by atoms with Gasteiger partial charge in [0.05, 0.1) is 18.7 Å².